The van der Waals surface area contributed by atoms with Gasteiger partial charge in [0.1, 0.15) is 11.6 Å². The first-order valence-electron chi connectivity index (χ1n) is 9.94. The molecule has 0 bridgehead atoms. The fourth-order valence-electron chi connectivity index (χ4n) is 3.94. The summed E-state index contributed by atoms with van der Waals surface area (Å²) in [4.78, 5) is 25.4. The van der Waals surface area contributed by atoms with Crippen LogP contribution in [0, 0.1) is 0 Å². The summed E-state index contributed by atoms with van der Waals surface area (Å²) in [5, 5.41) is 0. The maximum absolute atomic E-state index is 12.7. The average Bonchev–Trinajstić information content (AvgIpc) is 2.62. The van der Waals surface area contributed by atoms with Gasteiger partial charge < -0.3 is 0 Å². The average molecular weight is 512 g/mol. The Morgan fingerprint density at radius 2 is 1.07 bits per heavy atom. The van der Waals surface area contributed by atoms with E-state index in [1.807, 2.05) is 24.3 Å². The van der Waals surface area contributed by atoms with Gasteiger partial charge in [-0.1, -0.05) is 109 Å². The van der Waals surface area contributed by atoms with Gasteiger partial charge in [0.2, 0.25) is 0 Å². The van der Waals surface area contributed by atoms with E-state index in [0.29, 0.717) is 21.8 Å². The maximum Gasteiger partial charge on any atom is 0.145 e. The van der Waals surface area contributed by atoms with Gasteiger partial charge in [-0.25, -0.2) is 0 Å². The molecular weight excluding hydrogens is 480 g/mol. The normalized spacial score (nSPS) is 15.4. The molecule has 154 valence electrons. The number of Topliss-reactive ketones (excluding diaryl/α,β-unsaturated/α-hetero) is 2. The first kappa shape index (κ1) is 25.0. The SMILES string of the molecule is C=C(Br)C(CCCC)(C(C)=O)c1ccc(C(CCCC)(C(=C)Br)C(C)=O)cc1. The number of carbonyl (C=O) groups excluding carboxylic acids is 2. The largest absolute Gasteiger partial charge is 0.299 e. The molecule has 0 aromatic heterocycles. The topological polar surface area (TPSA) is 34.1 Å². The third kappa shape index (κ3) is 4.76. The Morgan fingerprint density at radius 1 is 0.786 bits per heavy atom. The molecule has 1 aromatic rings. The van der Waals surface area contributed by atoms with E-state index in [4.69, 9.17) is 0 Å². The molecule has 0 aliphatic rings. The molecule has 2 nitrogen and oxygen atoms in total. The van der Waals surface area contributed by atoms with Crippen molar-refractivity contribution in [1.29, 1.82) is 0 Å². The van der Waals surface area contributed by atoms with Crippen LogP contribution in [0.1, 0.15) is 77.3 Å². The molecule has 0 aliphatic carbocycles. The predicted octanol–water partition coefficient (Wildman–Crippen LogP) is 7.54. The minimum Gasteiger partial charge on any atom is -0.299 e. The highest BCUT2D eigenvalue weighted by molar-refractivity contribution is 9.12. The van der Waals surface area contributed by atoms with Crippen molar-refractivity contribution in [1.82, 2.24) is 0 Å². The van der Waals surface area contributed by atoms with Crippen molar-refractivity contribution in [3.63, 3.8) is 0 Å². The summed E-state index contributed by atoms with van der Waals surface area (Å²) < 4.78 is 1.37. The molecule has 0 aliphatic heterocycles. The smallest absolute Gasteiger partial charge is 0.145 e. The van der Waals surface area contributed by atoms with Gasteiger partial charge in [0, 0.05) is 8.96 Å². The molecule has 0 N–H and O–H groups in total. The molecule has 0 fully saturated rings. The van der Waals surface area contributed by atoms with E-state index in [0.717, 1.165) is 36.8 Å². The molecule has 4 heteroatoms. The number of ketones is 2. The van der Waals surface area contributed by atoms with E-state index in [2.05, 4.69) is 58.9 Å². The summed E-state index contributed by atoms with van der Waals surface area (Å²) in [5.41, 5.74) is 0.323. The summed E-state index contributed by atoms with van der Waals surface area (Å²) in [6, 6.07) is 7.88. The van der Waals surface area contributed by atoms with Crippen LogP contribution in [0.4, 0.5) is 0 Å². The highest BCUT2D eigenvalue weighted by atomic mass is 79.9. The first-order chi connectivity index (χ1) is 13.1. The Kier molecular flexibility index (Phi) is 9.55. The van der Waals surface area contributed by atoms with Crippen LogP contribution in [0.5, 0.6) is 0 Å². The van der Waals surface area contributed by atoms with E-state index in [1.165, 1.54) is 0 Å². The fraction of sp³-hybridized carbons (Fsp3) is 0.500. The first-order valence-corrected chi connectivity index (χ1v) is 11.5. The molecular formula is C24H32Br2O2. The van der Waals surface area contributed by atoms with Crippen molar-refractivity contribution in [2.45, 2.75) is 77.0 Å². The standard InChI is InChI=1S/C24H32Br2O2/c1-7-9-15-23(17(3)25,19(5)27)21-11-13-22(14-12-21)24(18(4)26,20(6)28)16-10-8-2/h11-14H,3-4,7-10,15-16H2,1-2,5-6H3. The van der Waals surface area contributed by atoms with Gasteiger partial charge in [-0.05, 0) is 37.8 Å². The molecule has 0 spiro atoms. The van der Waals surface area contributed by atoms with Crippen LogP contribution >= 0.6 is 31.9 Å². The zero-order valence-corrected chi connectivity index (χ0v) is 20.7. The number of carbonyl (C=O) groups is 2. The van der Waals surface area contributed by atoms with Crippen molar-refractivity contribution in [3.8, 4) is 0 Å². The highest BCUT2D eigenvalue weighted by Crippen LogP contribution is 2.44. The number of unbranched alkanes of at least 4 members (excludes halogenated alkanes) is 2. The van der Waals surface area contributed by atoms with Crippen LogP contribution in [0.25, 0.3) is 0 Å². The number of hydrogen-bond donors (Lipinski definition) is 0. The second kappa shape index (κ2) is 10.7. The number of hydrogen-bond acceptors (Lipinski definition) is 2. The summed E-state index contributed by atoms with van der Waals surface area (Å²) in [5.74, 6) is 0.147. The zero-order chi connectivity index (χ0) is 21.5. The minimum atomic E-state index is -0.748. The number of rotatable bonds is 12. The lowest BCUT2D eigenvalue weighted by molar-refractivity contribution is -0.122. The van der Waals surface area contributed by atoms with Crippen molar-refractivity contribution < 1.29 is 9.59 Å². The predicted molar refractivity (Wildman–Crippen MR) is 126 cm³/mol. The number of allylic oxidation sites excluding steroid dienone is 2. The van der Waals surface area contributed by atoms with E-state index in [-0.39, 0.29) is 11.6 Å². The fourth-order valence-corrected chi connectivity index (χ4v) is 5.35. The molecule has 2 atom stereocenters. The number of halogens is 2. The van der Waals surface area contributed by atoms with Crippen LogP contribution in [-0.2, 0) is 20.4 Å². The molecule has 1 aromatic carbocycles. The Hall–Kier alpha value is -1.00. The number of benzene rings is 1. The maximum atomic E-state index is 12.7. The molecule has 0 heterocycles. The van der Waals surface area contributed by atoms with Gasteiger partial charge in [-0.15, -0.1) is 0 Å². The van der Waals surface area contributed by atoms with E-state index in [9.17, 15) is 9.59 Å². The van der Waals surface area contributed by atoms with Crippen LogP contribution in [0.15, 0.2) is 46.4 Å². The van der Waals surface area contributed by atoms with Crippen molar-refractivity contribution in [2.24, 2.45) is 0 Å². The van der Waals surface area contributed by atoms with Crippen LogP contribution in [-0.4, -0.2) is 11.6 Å². The third-order valence-corrected chi connectivity index (χ3v) is 7.16. The van der Waals surface area contributed by atoms with Gasteiger partial charge >= 0.3 is 0 Å². The second-order valence-corrected chi connectivity index (χ2v) is 9.43. The van der Waals surface area contributed by atoms with Gasteiger partial charge in [0.25, 0.3) is 0 Å². The molecule has 0 radical (unpaired) electrons. The van der Waals surface area contributed by atoms with Crippen LogP contribution in [0.3, 0.4) is 0 Å². The Balaban J connectivity index is 3.54. The van der Waals surface area contributed by atoms with Crippen molar-refractivity contribution in [2.75, 3.05) is 0 Å². The lowest BCUT2D eigenvalue weighted by Crippen LogP contribution is -2.36. The van der Waals surface area contributed by atoms with Gasteiger partial charge in [0.15, 0.2) is 0 Å². The molecule has 0 saturated heterocycles. The molecule has 2 unspecified atom stereocenters. The van der Waals surface area contributed by atoms with Gasteiger partial charge in [-0.2, -0.15) is 0 Å². The Labute approximate surface area is 187 Å². The molecule has 1 rings (SSSR count). The second-order valence-electron chi connectivity index (χ2n) is 7.52. The van der Waals surface area contributed by atoms with Gasteiger partial charge in [0.05, 0.1) is 10.8 Å². The molecule has 28 heavy (non-hydrogen) atoms. The van der Waals surface area contributed by atoms with E-state index in [1.54, 1.807) is 13.8 Å². The summed E-state index contributed by atoms with van der Waals surface area (Å²) in [6.45, 7) is 15.6. The van der Waals surface area contributed by atoms with Crippen molar-refractivity contribution in [3.05, 3.63) is 57.5 Å². The lowest BCUT2D eigenvalue weighted by atomic mass is 9.70. The summed E-state index contributed by atoms with van der Waals surface area (Å²) in [7, 11) is 0. The summed E-state index contributed by atoms with van der Waals surface area (Å²) in [6.07, 6.45) is 5.28. The minimum absolute atomic E-state index is 0.0734. The molecule has 0 amide bonds. The monoisotopic (exact) mass is 510 g/mol. The Morgan fingerprint density at radius 3 is 1.25 bits per heavy atom. The highest BCUT2D eigenvalue weighted by Gasteiger charge is 2.41. The lowest BCUT2D eigenvalue weighted by Gasteiger charge is -2.34. The summed E-state index contributed by atoms with van der Waals surface area (Å²) >= 11 is 7.03. The quantitative estimate of drug-likeness (QED) is 0.290. The zero-order valence-electron chi connectivity index (χ0n) is 17.5. The van der Waals surface area contributed by atoms with Crippen LogP contribution < -0.4 is 0 Å². The molecule has 0 saturated carbocycles. The van der Waals surface area contributed by atoms with Gasteiger partial charge in [-0.3, -0.25) is 9.59 Å². The van der Waals surface area contributed by atoms with Crippen molar-refractivity contribution >= 4 is 43.4 Å². The Bertz CT molecular complexity index is 640. The van der Waals surface area contributed by atoms with Crippen LogP contribution in [0.2, 0.25) is 0 Å². The van der Waals surface area contributed by atoms with E-state index >= 15 is 0 Å². The van der Waals surface area contributed by atoms with E-state index < -0.39 is 10.8 Å². The third-order valence-electron chi connectivity index (χ3n) is 5.81.